The molecule has 0 spiro atoms. The van der Waals surface area contributed by atoms with Gasteiger partial charge < -0.3 is 4.74 Å². The van der Waals surface area contributed by atoms with Gasteiger partial charge in [0, 0.05) is 6.54 Å². The number of amides is 1. The Morgan fingerprint density at radius 2 is 1.82 bits per heavy atom. The Labute approximate surface area is 132 Å². The van der Waals surface area contributed by atoms with Crippen molar-refractivity contribution in [3.63, 3.8) is 0 Å². The van der Waals surface area contributed by atoms with Gasteiger partial charge in [0.2, 0.25) is 0 Å². The van der Waals surface area contributed by atoms with E-state index in [1.165, 1.54) is 18.2 Å². The van der Waals surface area contributed by atoms with E-state index in [-0.39, 0.29) is 11.4 Å². The molecule has 122 valence electrons. The molecule has 1 aromatic rings. The summed E-state index contributed by atoms with van der Waals surface area (Å²) in [6.07, 6.45) is 0.789. The second kappa shape index (κ2) is 6.96. The molecule has 5 nitrogen and oxygen atoms in total. The zero-order valence-corrected chi connectivity index (χ0v) is 14.3. The Hall–Kier alpha value is -1.82. The van der Waals surface area contributed by atoms with Crippen molar-refractivity contribution in [2.75, 3.05) is 12.4 Å². The smallest absolute Gasteiger partial charge is 0.411 e. The van der Waals surface area contributed by atoms with Gasteiger partial charge in [-0.05, 0) is 39.8 Å². The number of sulfone groups is 1. The van der Waals surface area contributed by atoms with E-state index in [2.05, 4.69) is 6.58 Å². The molecule has 0 heterocycles. The van der Waals surface area contributed by atoms with Crippen LogP contribution in [0.25, 0.3) is 0 Å². The first kappa shape index (κ1) is 18.2. The molecule has 0 aromatic heterocycles. The molecule has 0 aliphatic heterocycles. The van der Waals surface area contributed by atoms with Gasteiger partial charge >= 0.3 is 6.09 Å². The third-order valence-corrected chi connectivity index (χ3v) is 4.35. The zero-order chi connectivity index (χ0) is 17.0. The van der Waals surface area contributed by atoms with Gasteiger partial charge in [0.15, 0.2) is 9.84 Å². The number of benzene rings is 1. The highest BCUT2D eigenvalue weighted by molar-refractivity contribution is 7.91. The lowest BCUT2D eigenvalue weighted by Crippen LogP contribution is -2.39. The Kier molecular flexibility index (Phi) is 5.77. The van der Waals surface area contributed by atoms with Gasteiger partial charge in [0.1, 0.15) is 11.5 Å². The highest BCUT2D eigenvalue weighted by Crippen LogP contribution is 2.16. The van der Waals surface area contributed by atoms with Crippen LogP contribution < -0.4 is 0 Å². The first-order chi connectivity index (χ1) is 10.0. The van der Waals surface area contributed by atoms with Gasteiger partial charge in [-0.3, -0.25) is 4.90 Å². The van der Waals surface area contributed by atoms with Crippen LogP contribution in [-0.4, -0.2) is 37.4 Å². The van der Waals surface area contributed by atoms with Crippen LogP contribution in [0.15, 0.2) is 41.8 Å². The Morgan fingerprint density at radius 3 is 2.27 bits per heavy atom. The maximum absolute atomic E-state index is 12.4. The molecule has 1 aromatic carbocycles. The molecule has 1 rings (SSSR count). The fraction of sp³-hybridized carbons (Fsp3) is 0.438. The summed E-state index contributed by atoms with van der Waals surface area (Å²) >= 11 is 0. The van der Waals surface area contributed by atoms with Crippen molar-refractivity contribution in [2.24, 2.45) is 0 Å². The third-order valence-electron chi connectivity index (χ3n) is 2.71. The summed E-state index contributed by atoms with van der Waals surface area (Å²) < 4.78 is 30.1. The van der Waals surface area contributed by atoms with E-state index in [4.69, 9.17) is 4.74 Å². The number of carbonyl (C=O) groups excluding carboxylic acids is 1. The van der Waals surface area contributed by atoms with E-state index in [1.54, 1.807) is 32.9 Å². The second-order valence-electron chi connectivity index (χ2n) is 6.05. The SMILES string of the molecule is C=CCN(CS(=O)(=O)c1ccc(C)cc1)C(=O)OC(C)(C)C. The number of aryl methyl sites for hydroxylation is 1. The lowest BCUT2D eigenvalue weighted by molar-refractivity contribution is 0.0303. The van der Waals surface area contributed by atoms with Crippen LogP contribution in [0.5, 0.6) is 0 Å². The molecular formula is C16H23NO4S. The summed E-state index contributed by atoms with van der Waals surface area (Å²) in [7, 11) is -3.62. The number of hydrogen-bond donors (Lipinski definition) is 0. The highest BCUT2D eigenvalue weighted by atomic mass is 32.2. The van der Waals surface area contributed by atoms with Gasteiger partial charge in [-0.1, -0.05) is 23.8 Å². The largest absolute Gasteiger partial charge is 0.444 e. The summed E-state index contributed by atoms with van der Waals surface area (Å²) in [6, 6.07) is 6.51. The van der Waals surface area contributed by atoms with Gasteiger partial charge in [0.05, 0.1) is 4.90 Å². The van der Waals surface area contributed by atoms with Crippen molar-refractivity contribution < 1.29 is 17.9 Å². The number of ether oxygens (including phenoxy) is 1. The first-order valence-electron chi connectivity index (χ1n) is 6.93. The van der Waals surface area contributed by atoms with Crippen LogP contribution >= 0.6 is 0 Å². The minimum atomic E-state index is -3.62. The van der Waals surface area contributed by atoms with Gasteiger partial charge in [-0.15, -0.1) is 6.58 Å². The number of hydrogen-bond acceptors (Lipinski definition) is 4. The zero-order valence-electron chi connectivity index (χ0n) is 13.5. The van der Waals surface area contributed by atoms with Gasteiger partial charge in [-0.2, -0.15) is 0 Å². The minimum Gasteiger partial charge on any atom is -0.444 e. The lowest BCUT2D eigenvalue weighted by atomic mass is 10.2. The summed E-state index contributed by atoms with van der Waals surface area (Å²) in [5, 5.41) is 0. The van der Waals surface area contributed by atoms with Gasteiger partial charge in [0.25, 0.3) is 0 Å². The van der Waals surface area contributed by atoms with Gasteiger partial charge in [-0.25, -0.2) is 13.2 Å². The fourth-order valence-electron chi connectivity index (χ4n) is 1.69. The Balaban J connectivity index is 2.96. The second-order valence-corrected chi connectivity index (χ2v) is 8.01. The van der Waals surface area contributed by atoms with E-state index < -0.39 is 27.4 Å². The van der Waals surface area contributed by atoms with Crippen molar-refractivity contribution >= 4 is 15.9 Å². The molecule has 0 aliphatic carbocycles. The van der Waals surface area contributed by atoms with Crippen LogP contribution in [0, 0.1) is 6.92 Å². The Bertz CT molecular complexity index is 627. The number of nitrogens with zero attached hydrogens (tertiary/aromatic N) is 1. The van der Waals surface area contributed by atoms with Crippen molar-refractivity contribution in [3.8, 4) is 0 Å². The highest BCUT2D eigenvalue weighted by Gasteiger charge is 2.26. The van der Waals surface area contributed by atoms with Crippen molar-refractivity contribution in [1.29, 1.82) is 0 Å². The van der Waals surface area contributed by atoms with E-state index in [0.29, 0.717) is 0 Å². The van der Waals surface area contributed by atoms with Crippen LogP contribution in [0.2, 0.25) is 0 Å². The quantitative estimate of drug-likeness (QED) is 0.780. The molecular weight excluding hydrogens is 302 g/mol. The van der Waals surface area contributed by atoms with Crippen LogP contribution in [0.4, 0.5) is 4.79 Å². The molecule has 0 aliphatic rings. The average molecular weight is 325 g/mol. The molecule has 1 amide bonds. The van der Waals surface area contributed by atoms with Crippen LogP contribution in [0.1, 0.15) is 26.3 Å². The minimum absolute atomic E-state index is 0.0972. The van der Waals surface area contributed by atoms with Crippen molar-refractivity contribution in [1.82, 2.24) is 4.90 Å². The molecule has 0 N–H and O–H groups in total. The predicted molar refractivity (Wildman–Crippen MR) is 86.4 cm³/mol. The average Bonchev–Trinajstić information content (AvgIpc) is 2.36. The summed E-state index contributed by atoms with van der Waals surface area (Å²) in [5.74, 6) is -0.447. The molecule has 0 saturated heterocycles. The standard InChI is InChI=1S/C16H23NO4S/c1-6-11-17(15(18)21-16(3,4)5)12-22(19,20)14-9-7-13(2)8-10-14/h6-10H,1,11-12H2,2-5H3. The van der Waals surface area contributed by atoms with E-state index in [0.717, 1.165) is 10.5 Å². The van der Waals surface area contributed by atoms with Crippen molar-refractivity contribution in [3.05, 3.63) is 42.5 Å². The molecule has 0 fully saturated rings. The summed E-state index contributed by atoms with van der Waals surface area (Å²) in [6.45, 7) is 10.7. The normalized spacial score (nSPS) is 11.8. The van der Waals surface area contributed by atoms with Crippen molar-refractivity contribution in [2.45, 2.75) is 38.2 Å². The molecule has 22 heavy (non-hydrogen) atoms. The van der Waals surface area contributed by atoms with E-state index >= 15 is 0 Å². The third kappa shape index (κ3) is 5.52. The predicted octanol–water partition coefficient (Wildman–Crippen LogP) is 3.15. The first-order valence-corrected chi connectivity index (χ1v) is 8.58. The van der Waals surface area contributed by atoms with E-state index in [9.17, 15) is 13.2 Å². The lowest BCUT2D eigenvalue weighted by Gasteiger charge is -2.26. The topological polar surface area (TPSA) is 63.7 Å². The number of rotatable bonds is 5. The molecule has 0 saturated carbocycles. The van der Waals surface area contributed by atoms with Crippen LogP contribution in [0.3, 0.4) is 0 Å². The fourth-order valence-corrected chi connectivity index (χ4v) is 3.01. The maximum atomic E-state index is 12.4. The van der Waals surface area contributed by atoms with E-state index in [1.807, 2.05) is 6.92 Å². The summed E-state index contributed by atoms with van der Waals surface area (Å²) in [5.41, 5.74) is 0.276. The number of carbonyl (C=O) groups is 1. The molecule has 0 bridgehead atoms. The molecule has 0 radical (unpaired) electrons. The molecule has 6 heteroatoms. The maximum Gasteiger partial charge on any atom is 0.411 e. The monoisotopic (exact) mass is 325 g/mol. The summed E-state index contributed by atoms with van der Waals surface area (Å²) in [4.78, 5) is 13.4. The molecule has 0 atom stereocenters. The van der Waals surface area contributed by atoms with Crippen LogP contribution in [-0.2, 0) is 14.6 Å². The molecule has 0 unspecified atom stereocenters. The Morgan fingerprint density at radius 1 is 1.27 bits per heavy atom.